The lowest BCUT2D eigenvalue weighted by Crippen LogP contribution is -2.17. The Hall–Kier alpha value is -2.30. The van der Waals surface area contributed by atoms with Gasteiger partial charge in [0, 0.05) is 25.0 Å². The van der Waals surface area contributed by atoms with Crippen molar-refractivity contribution in [3.8, 4) is 5.75 Å². The molecule has 0 radical (unpaired) electrons. The molecule has 2 aromatic rings. The summed E-state index contributed by atoms with van der Waals surface area (Å²) in [6, 6.07) is 6.39. The number of phenols is 1. The van der Waals surface area contributed by atoms with Crippen molar-refractivity contribution >= 4 is 5.97 Å². The van der Waals surface area contributed by atoms with Gasteiger partial charge in [0.05, 0.1) is 0 Å². The third-order valence-corrected chi connectivity index (χ3v) is 2.61. The number of para-hydroxylation sites is 1. The van der Waals surface area contributed by atoms with E-state index in [2.05, 4.69) is 4.98 Å². The van der Waals surface area contributed by atoms with Gasteiger partial charge in [-0.3, -0.25) is 4.79 Å². The number of phenolic OH excluding ortho intramolecular Hbond substituents is 1. The molecule has 1 atom stereocenters. The standard InChI is InChI=1S/C12H12N2O3/c1-14-7-6-13-11(14)10(12(16)17)8-4-2-3-5-9(8)15/h2-7,10,15H,1H3,(H,16,17). The maximum atomic E-state index is 11.3. The highest BCUT2D eigenvalue weighted by molar-refractivity contribution is 5.80. The highest BCUT2D eigenvalue weighted by Crippen LogP contribution is 2.30. The van der Waals surface area contributed by atoms with E-state index in [-0.39, 0.29) is 5.75 Å². The number of nitrogens with zero attached hydrogens (tertiary/aromatic N) is 2. The molecular weight excluding hydrogens is 220 g/mol. The minimum Gasteiger partial charge on any atom is -0.508 e. The smallest absolute Gasteiger partial charge is 0.318 e. The van der Waals surface area contributed by atoms with Gasteiger partial charge in [0.1, 0.15) is 17.5 Å². The number of benzene rings is 1. The summed E-state index contributed by atoms with van der Waals surface area (Å²) in [6.07, 6.45) is 3.20. The fourth-order valence-corrected chi connectivity index (χ4v) is 1.77. The molecule has 2 rings (SSSR count). The molecule has 1 aromatic heterocycles. The minimum absolute atomic E-state index is 0.0390. The monoisotopic (exact) mass is 232 g/mol. The van der Waals surface area contributed by atoms with Crippen molar-refractivity contribution in [2.75, 3.05) is 0 Å². The second kappa shape index (κ2) is 4.29. The Morgan fingerprint density at radius 3 is 2.65 bits per heavy atom. The molecule has 5 heteroatoms. The van der Waals surface area contributed by atoms with Crippen LogP contribution in [0.15, 0.2) is 36.7 Å². The van der Waals surface area contributed by atoms with Gasteiger partial charge in [0.25, 0.3) is 0 Å². The first-order valence-electron chi connectivity index (χ1n) is 5.09. The molecule has 88 valence electrons. The zero-order valence-electron chi connectivity index (χ0n) is 9.24. The Morgan fingerprint density at radius 1 is 1.41 bits per heavy atom. The molecule has 17 heavy (non-hydrogen) atoms. The summed E-state index contributed by atoms with van der Waals surface area (Å²) in [6.45, 7) is 0. The Balaban J connectivity index is 2.55. The second-order valence-corrected chi connectivity index (χ2v) is 3.73. The minimum atomic E-state index is -1.04. The molecule has 0 amide bonds. The number of aliphatic carboxylic acids is 1. The van der Waals surface area contributed by atoms with E-state index in [1.807, 2.05) is 0 Å². The highest BCUT2D eigenvalue weighted by atomic mass is 16.4. The lowest BCUT2D eigenvalue weighted by atomic mass is 9.97. The predicted molar refractivity (Wildman–Crippen MR) is 60.8 cm³/mol. The Bertz CT molecular complexity index is 548. The van der Waals surface area contributed by atoms with Crippen molar-refractivity contribution in [3.63, 3.8) is 0 Å². The van der Waals surface area contributed by atoms with Crippen molar-refractivity contribution in [1.29, 1.82) is 0 Å². The van der Waals surface area contributed by atoms with Gasteiger partial charge in [0.2, 0.25) is 0 Å². The Morgan fingerprint density at radius 2 is 2.12 bits per heavy atom. The predicted octanol–water partition coefficient (Wildman–Crippen LogP) is 1.34. The molecule has 0 aliphatic carbocycles. The molecular formula is C12H12N2O3. The van der Waals surface area contributed by atoms with E-state index in [0.29, 0.717) is 11.4 Å². The van der Waals surface area contributed by atoms with Crippen LogP contribution in [-0.4, -0.2) is 25.7 Å². The quantitative estimate of drug-likeness (QED) is 0.837. The van der Waals surface area contributed by atoms with E-state index in [9.17, 15) is 15.0 Å². The van der Waals surface area contributed by atoms with Gasteiger partial charge in [-0.2, -0.15) is 0 Å². The van der Waals surface area contributed by atoms with Crippen LogP contribution < -0.4 is 0 Å². The molecule has 1 aromatic carbocycles. The van der Waals surface area contributed by atoms with Gasteiger partial charge in [-0.1, -0.05) is 18.2 Å². The van der Waals surface area contributed by atoms with Crippen LogP contribution in [0.4, 0.5) is 0 Å². The third-order valence-electron chi connectivity index (χ3n) is 2.61. The van der Waals surface area contributed by atoms with Gasteiger partial charge in [-0.15, -0.1) is 0 Å². The molecule has 0 saturated heterocycles. The molecule has 0 aliphatic heterocycles. The SMILES string of the molecule is Cn1ccnc1C(C(=O)O)c1ccccc1O. The van der Waals surface area contributed by atoms with Crippen LogP contribution in [0.3, 0.4) is 0 Å². The average molecular weight is 232 g/mol. The van der Waals surface area contributed by atoms with Crippen LogP contribution in [0.5, 0.6) is 5.75 Å². The van der Waals surface area contributed by atoms with Crippen LogP contribution in [0.1, 0.15) is 17.3 Å². The van der Waals surface area contributed by atoms with Crippen LogP contribution in [0.2, 0.25) is 0 Å². The number of imidazole rings is 1. The lowest BCUT2D eigenvalue weighted by Gasteiger charge is -2.13. The summed E-state index contributed by atoms with van der Waals surface area (Å²) in [5.74, 6) is -1.65. The zero-order valence-corrected chi connectivity index (χ0v) is 9.24. The number of aromatic hydroxyl groups is 1. The molecule has 2 N–H and O–H groups in total. The molecule has 0 spiro atoms. The number of aromatic nitrogens is 2. The van der Waals surface area contributed by atoms with Crippen molar-refractivity contribution in [1.82, 2.24) is 9.55 Å². The van der Waals surface area contributed by atoms with E-state index in [1.165, 1.54) is 12.3 Å². The topological polar surface area (TPSA) is 75.4 Å². The molecule has 0 bridgehead atoms. The van der Waals surface area contributed by atoms with Crippen molar-refractivity contribution in [3.05, 3.63) is 48.0 Å². The number of hydrogen-bond donors (Lipinski definition) is 2. The summed E-state index contributed by atoms with van der Waals surface area (Å²) in [4.78, 5) is 15.4. The molecule has 0 aliphatic rings. The number of carbonyl (C=O) groups is 1. The first kappa shape index (κ1) is 11.2. The number of aryl methyl sites for hydroxylation is 1. The lowest BCUT2D eigenvalue weighted by molar-refractivity contribution is -0.138. The first-order chi connectivity index (χ1) is 8.11. The van der Waals surface area contributed by atoms with Crippen LogP contribution in [0, 0.1) is 0 Å². The Labute approximate surface area is 98.0 Å². The molecule has 0 fully saturated rings. The summed E-state index contributed by atoms with van der Waals surface area (Å²) in [7, 11) is 1.72. The summed E-state index contributed by atoms with van der Waals surface area (Å²) >= 11 is 0. The largest absolute Gasteiger partial charge is 0.508 e. The van der Waals surface area contributed by atoms with Gasteiger partial charge in [-0.25, -0.2) is 4.98 Å². The van der Waals surface area contributed by atoms with Crippen molar-refractivity contribution < 1.29 is 15.0 Å². The van der Waals surface area contributed by atoms with Gasteiger partial charge in [0.15, 0.2) is 0 Å². The van der Waals surface area contributed by atoms with Gasteiger partial charge >= 0.3 is 5.97 Å². The van der Waals surface area contributed by atoms with E-state index >= 15 is 0 Å². The number of carboxylic acid groups (broad SMARTS) is 1. The maximum absolute atomic E-state index is 11.3. The number of carboxylic acids is 1. The number of rotatable bonds is 3. The summed E-state index contributed by atoms with van der Waals surface area (Å²) in [5, 5.41) is 19.0. The highest BCUT2D eigenvalue weighted by Gasteiger charge is 2.28. The average Bonchev–Trinajstić information content (AvgIpc) is 2.68. The fraction of sp³-hybridized carbons (Fsp3) is 0.167. The molecule has 1 unspecified atom stereocenters. The van der Waals surface area contributed by atoms with Crippen LogP contribution in [-0.2, 0) is 11.8 Å². The molecule has 5 nitrogen and oxygen atoms in total. The van der Waals surface area contributed by atoms with Crippen molar-refractivity contribution in [2.45, 2.75) is 5.92 Å². The molecule has 1 heterocycles. The van der Waals surface area contributed by atoms with E-state index in [0.717, 1.165) is 0 Å². The van der Waals surface area contributed by atoms with Gasteiger partial charge in [-0.05, 0) is 6.07 Å². The Kier molecular flexibility index (Phi) is 2.82. The normalized spacial score (nSPS) is 12.3. The van der Waals surface area contributed by atoms with E-state index in [4.69, 9.17) is 0 Å². The van der Waals surface area contributed by atoms with E-state index in [1.54, 1.807) is 36.0 Å². The third kappa shape index (κ3) is 1.99. The van der Waals surface area contributed by atoms with Crippen molar-refractivity contribution in [2.24, 2.45) is 7.05 Å². The fourth-order valence-electron chi connectivity index (χ4n) is 1.77. The number of hydrogen-bond acceptors (Lipinski definition) is 3. The summed E-state index contributed by atoms with van der Waals surface area (Å²) in [5.41, 5.74) is 0.342. The van der Waals surface area contributed by atoms with Gasteiger partial charge < -0.3 is 14.8 Å². The van der Waals surface area contributed by atoms with Crippen LogP contribution in [0.25, 0.3) is 0 Å². The molecule has 0 saturated carbocycles. The summed E-state index contributed by atoms with van der Waals surface area (Å²) < 4.78 is 1.63. The van der Waals surface area contributed by atoms with E-state index < -0.39 is 11.9 Å². The second-order valence-electron chi connectivity index (χ2n) is 3.73. The zero-order chi connectivity index (χ0) is 12.4. The maximum Gasteiger partial charge on any atom is 0.318 e. The first-order valence-corrected chi connectivity index (χ1v) is 5.09. The van der Waals surface area contributed by atoms with Crippen LogP contribution >= 0.6 is 0 Å².